The van der Waals surface area contributed by atoms with Crippen LogP contribution in [-0.2, 0) is 4.79 Å². The highest BCUT2D eigenvalue weighted by molar-refractivity contribution is 5.78. The molecule has 1 aliphatic rings. The number of hydrogen-bond acceptors (Lipinski definition) is 2. The molecule has 0 aromatic heterocycles. The van der Waals surface area contributed by atoms with Gasteiger partial charge in [-0.15, -0.1) is 0 Å². The van der Waals surface area contributed by atoms with Gasteiger partial charge in [0.1, 0.15) is 0 Å². The molecule has 3 heteroatoms. The number of hydrogen-bond donors (Lipinski definition) is 1. The summed E-state index contributed by atoms with van der Waals surface area (Å²) in [4.78, 5) is 13.0. The van der Waals surface area contributed by atoms with E-state index in [1.807, 2.05) is 6.92 Å². The third-order valence-electron chi connectivity index (χ3n) is 2.31. The summed E-state index contributed by atoms with van der Waals surface area (Å²) in [6, 6.07) is 0. The minimum Gasteiger partial charge on any atom is -0.391 e. The Hall–Kier alpha value is -0.570. The number of β-amino-alcohol motifs (C(OH)–C–C–N with tert-alkyl or cyclic N) is 1. The van der Waals surface area contributed by atoms with Crippen molar-refractivity contribution in [3.05, 3.63) is 0 Å². The molecule has 12 heavy (non-hydrogen) atoms. The fourth-order valence-corrected chi connectivity index (χ4v) is 1.53. The first-order valence-corrected chi connectivity index (χ1v) is 4.59. The molecule has 0 radical (unpaired) electrons. The zero-order chi connectivity index (χ0) is 9.14. The Kier molecular flexibility index (Phi) is 3.09. The van der Waals surface area contributed by atoms with Crippen LogP contribution in [0.25, 0.3) is 0 Å². The molecule has 1 amide bonds. The topological polar surface area (TPSA) is 40.5 Å². The van der Waals surface area contributed by atoms with Crippen LogP contribution in [0.5, 0.6) is 0 Å². The Balaban J connectivity index is 2.37. The Labute approximate surface area is 73.4 Å². The highest BCUT2D eigenvalue weighted by Gasteiger charge is 2.27. The van der Waals surface area contributed by atoms with Crippen molar-refractivity contribution < 1.29 is 9.90 Å². The number of nitrogens with zero attached hydrogens (tertiary/aromatic N) is 1. The maximum Gasteiger partial charge on any atom is 0.223 e. The Morgan fingerprint density at radius 1 is 1.75 bits per heavy atom. The molecule has 0 saturated carbocycles. The van der Waals surface area contributed by atoms with E-state index in [4.69, 9.17) is 0 Å². The highest BCUT2D eigenvalue weighted by Crippen LogP contribution is 2.16. The first-order valence-electron chi connectivity index (χ1n) is 4.59. The van der Waals surface area contributed by atoms with Gasteiger partial charge in [0.15, 0.2) is 0 Å². The van der Waals surface area contributed by atoms with Crippen molar-refractivity contribution in [1.82, 2.24) is 4.90 Å². The fourth-order valence-electron chi connectivity index (χ4n) is 1.53. The quantitative estimate of drug-likeness (QED) is 0.676. The average molecular weight is 171 g/mol. The molecular formula is C9H17NO2. The molecule has 2 atom stereocenters. The first-order chi connectivity index (χ1) is 5.63. The van der Waals surface area contributed by atoms with Gasteiger partial charge in [0, 0.05) is 19.5 Å². The van der Waals surface area contributed by atoms with Crippen molar-refractivity contribution in [1.29, 1.82) is 0 Å². The second kappa shape index (κ2) is 3.90. The number of likely N-dealkylation sites (tertiary alicyclic amines) is 1. The molecule has 0 bridgehead atoms. The van der Waals surface area contributed by atoms with E-state index < -0.39 is 0 Å². The van der Waals surface area contributed by atoms with Crippen LogP contribution < -0.4 is 0 Å². The second-order valence-corrected chi connectivity index (χ2v) is 3.67. The number of aliphatic hydroxyl groups excluding tert-OH is 1. The van der Waals surface area contributed by atoms with Gasteiger partial charge in [-0.25, -0.2) is 0 Å². The molecule has 1 rings (SSSR count). The molecule has 1 aliphatic heterocycles. The molecule has 1 N–H and O–H groups in total. The van der Waals surface area contributed by atoms with Crippen molar-refractivity contribution in [2.45, 2.75) is 32.8 Å². The molecule has 0 aliphatic carbocycles. The molecule has 0 aromatic rings. The van der Waals surface area contributed by atoms with Crippen LogP contribution in [0.1, 0.15) is 26.7 Å². The van der Waals surface area contributed by atoms with Gasteiger partial charge in [-0.1, -0.05) is 13.8 Å². The van der Waals surface area contributed by atoms with Crippen molar-refractivity contribution >= 4 is 5.91 Å². The van der Waals surface area contributed by atoms with E-state index >= 15 is 0 Å². The molecule has 70 valence electrons. The Morgan fingerprint density at radius 2 is 2.42 bits per heavy atom. The van der Waals surface area contributed by atoms with E-state index in [0.29, 0.717) is 18.9 Å². The van der Waals surface area contributed by atoms with Crippen molar-refractivity contribution in [3.8, 4) is 0 Å². The lowest BCUT2D eigenvalue weighted by Gasteiger charge is -2.18. The maximum atomic E-state index is 11.3. The smallest absolute Gasteiger partial charge is 0.223 e. The fraction of sp³-hybridized carbons (Fsp3) is 0.889. The van der Waals surface area contributed by atoms with E-state index in [-0.39, 0.29) is 12.0 Å². The summed E-state index contributed by atoms with van der Waals surface area (Å²) in [5.74, 6) is 0.650. The van der Waals surface area contributed by atoms with Gasteiger partial charge in [0.05, 0.1) is 6.10 Å². The first kappa shape index (κ1) is 9.52. The summed E-state index contributed by atoms with van der Waals surface area (Å²) in [6.07, 6.45) is 1.02. The van der Waals surface area contributed by atoms with Crippen molar-refractivity contribution in [3.63, 3.8) is 0 Å². The van der Waals surface area contributed by atoms with Gasteiger partial charge in [-0.2, -0.15) is 0 Å². The normalized spacial score (nSPS) is 26.4. The zero-order valence-corrected chi connectivity index (χ0v) is 7.79. The number of carbonyl (C=O) groups is 1. The van der Waals surface area contributed by atoms with Crippen LogP contribution in [-0.4, -0.2) is 35.1 Å². The summed E-state index contributed by atoms with van der Waals surface area (Å²) in [6.45, 7) is 5.32. The molecule has 3 nitrogen and oxygen atoms in total. The zero-order valence-electron chi connectivity index (χ0n) is 7.79. The summed E-state index contributed by atoms with van der Waals surface area (Å²) in [7, 11) is 0. The van der Waals surface area contributed by atoms with Gasteiger partial charge in [-0.3, -0.25) is 4.79 Å². The summed E-state index contributed by atoms with van der Waals surface area (Å²) >= 11 is 0. The van der Waals surface area contributed by atoms with E-state index in [9.17, 15) is 9.90 Å². The molecule has 1 saturated heterocycles. The molecule has 0 aromatic carbocycles. The number of amides is 1. The summed E-state index contributed by atoms with van der Waals surface area (Å²) < 4.78 is 0. The van der Waals surface area contributed by atoms with Crippen molar-refractivity contribution in [2.24, 2.45) is 5.92 Å². The van der Waals surface area contributed by atoms with Gasteiger partial charge < -0.3 is 10.0 Å². The Morgan fingerprint density at radius 3 is 2.83 bits per heavy atom. The minimum absolute atomic E-state index is 0.190. The van der Waals surface area contributed by atoms with Crippen LogP contribution in [0.4, 0.5) is 0 Å². The monoisotopic (exact) mass is 171 g/mol. The molecule has 0 spiro atoms. The average Bonchev–Trinajstić information content (AvgIpc) is 2.30. The highest BCUT2D eigenvalue weighted by atomic mass is 16.3. The number of rotatable bonds is 3. The van der Waals surface area contributed by atoms with Crippen molar-refractivity contribution in [2.75, 3.05) is 13.1 Å². The van der Waals surface area contributed by atoms with E-state index in [2.05, 4.69) is 6.92 Å². The van der Waals surface area contributed by atoms with Crippen LogP contribution in [0.3, 0.4) is 0 Å². The summed E-state index contributed by atoms with van der Waals surface area (Å²) in [5, 5.41) is 9.33. The number of carbonyl (C=O) groups excluding carboxylic acids is 1. The number of aliphatic hydroxyl groups is 1. The van der Waals surface area contributed by atoms with E-state index in [1.165, 1.54) is 0 Å². The molecule has 1 fully saturated rings. The van der Waals surface area contributed by atoms with Crippen LogP contribution in [0, 0.1) is 5.92 Å². The van der Waals surface area contributed by atoms with Crippen LogP contribution in [0.15, 0.2) is 0 Å². The SMILES string of the molecule is CCC(O)CN1CC(C)CC1=O. The third-order valence-corrected chi connectivity index (χ3v) is 2.31. The van der Waals surface area contributed by atoms with E-state index in [1.54, 1.807) is 4.90 Å². The maximum absolute atomic E-state index is 11.3. The molecule has 2 unspecified atom stereocenters. The Bertz CT molecular complexity index is 170. The van der Waals surface area contributed by atoms with Gasteiger partial charge in [0.25, 0.3) is 0 Å². The van der Waals surface area contributed by atoms with Crippen LogP contribution >= 0.6 is 0 Å². The van der Waals surface area contributed by atoms with Gasteiger partial charge in [0.2, 0.25) is 5.91 Å². The van der Waals surface area contributed by atoms with Gasteiger partial charge >= 0.3 is 0 Å². The van der Waals surface area contributed by atoms with Gasteiger partial charge in [-0.05, 0) is 12.3 Å². The second-order valence-electron chi connectivity index (χ2n) is 3.67. The standard InChI is InChI=1S/C9H17NO2/c1-3-8(11)6-10-5-7(2)4-9(10)12/h7-8,11H,3-6H2,1-2H3. The third kappa shape index (κ3) is 2.21. The lowest BCUT2D eigenvalue weighted by atomic mass is 10.2. The largest absolute Gasteiger partial charge is 0.391 e. The summed E-state index contributed by atoms with van der Waals surface area (Å²) in [5.41, 5.74) is 0. The predicted octanol–water partition coefficient (Wildman–Crippen LogP) is 0.626. The lowest BCUT2D eigenvalue weighted by Crippen LogP contribution is -2.33. The lowest BCUT2D eigenvalue weighted by molar-refractivity contribution is -0.128. The minimum atomic E-state index is -0.348. The van der Waals surface area contributed by atoms with Crippen LogP contribution in [0.2, 0.25) is 0 Å². The molecular weight excluding hydrogens is 154 g/mol. The predicted molar refractivity (Wildman–Crippen MR) is 46.7 cm³/mol. The molecule has 1 heterocycles. The van der Waals surface area contributed by atoms with E-state index in [0.717, 1.165) is 13.0 Å².